The van der Waals surface area contributed by atoms with Crippen LogP contribution in [0.15, 0.2) is 24.3 Å². The van der Waals surface area contributed by atoms with E-state index in [0.29, 0.717) is 11.3 Å². The zero-order chi connectivity index (χ0) is 16.5. The zero-order valence-electron chi connectivity index (χ0n) is 12.6. The van der Waals surface area contributed by atoms with E-state index in [1.54, 1.807) is 18.2 Å². The van der Waals surface area contributed by atoms with Crippen LogP contribution in [0.4, 0.5) is 0 Å². The second-order valence-electron chi connectivity index (χ2n) is 4.94. The number of benzene rings is 1. The molecule has 0 unspecified atom stereocenters. The van der Waals surface area contributed by atoms with Gasteiger partial charge in [0.1, 0.15) is 5.75 Å². The third-order valence-electron chi connectivity index (χ3n) is 2.55. The van der Waals surface area contributed by atoms with Crippen LogP contribution in [0.1, 0.15) is 30.6 Å². The quantitative estimate of drug-likeness (QED) is 0.658. The molecule has 0 atom stereocenters. The zero-order valence-corrected chi connectivity index (χ0v) is 12.6. The monoisotopic (exact) mass is 308 g/mol. The SMILES string of the molecule is CC(C)NC(=O)CCNC(=O)c1cccc(OCC(=O)O)c1. The Morgan fingerprint density at radius 2 is 2.00 bits per heavy atom. The van der Waals surface area contributed by atoms with Gasteiger partial charge in [0, 0.05) is 24.6 Å². The Kier molecular flexibility index (Phi) is 6.88. The summed E-state index contributed by atoms with van der Waals surface area (Å²) in [6, 6.07) is 6.25. The smallest absolute Gasteiger partial charge is 0.341 e. The van der Waals surface area contributed by atoms with E-state index in [9.17, 15) is 14.4 Å². The molecule has 0 saturated carbocycles. The summed E-state index contributed by atoms with van der Waals surface area (Å²) >= 11 is 0. The maximum Gasteiger partial charge on any atom is 0.341 e. The predicted molar refractivity (Wildman–Crippen MR) is 79.8 cm³/mol. The van der Waals surface area contributed by atoms with Gasteiger partial charge in [-0.15, -0.1) is 0 Å². The molecule has 0 aliphatic heterocycles. The van der Waals surface area contributed by atoms with Gasteiger partial charge in [0.15, 0.2) is 6.61 Å². The number of carbonyl (C=O) groups excluding carboxylic acids is 2. The molecule has 0 saturated heterocycles. The average molecular weight is 308 g/mol. The summed E-state index contributed by atoms with van der Waals surface area (Å²) in [4.78, 5) is 33.8. The highest BCUT2D eigenvalue weighted by atomic mass is 16.5. The van der Waals surface area contributed by atoms with Crippen LogP contribution in [-0.2, 0) is 9.59 Å². The van der Waals surface area contributed by atoms with Crippen molar-refractivity contribution in [2.24, 2.45) is 0 Å². The van der Waals surface area contributed by atoms with Gasteiger partial charge in [-0.25, -0.2) is 4.79 Å². The molecule has 0 bridgehead atoms. The number of hydrogen-bond acceptors (Lipinski definition) is 4. The van der Waals surface area contributed by atoms with Crippen molar-refractivity contribution >= 4 is 17.8 Å². The first-order chi connectivity index (χ1) is 10.4. The van der Waals surface area contributed by atoms with Gasteiger partial charge < -0.3 is 20.5 Å². The lowest BCUT2D eigenvalue weighted by Crippen LogP contribution is -2.34. The summed E-state index contributed by atoms with van der Waals surface area (Å²) < 4.78 is 5.00. The Hall–Kier alpha value is -2.57. The molecule has 0 radical (unpaired) electrons. The van der Waals surface area contributed by atoms with Gasteiger partial charge in [-0.05, 0) is 32.0 Å². The van der Waals surface area contributed by atoms with E-state index in [0.717, 1.165) is 0 Å². The molecule has 1 rings (SSSR count). The Labute approximate surface area is 128 Å². The molecule has 0 fully saturated rings. The van der Waals surface area contributed by atoms with Crippen LogP contribution in [0.5, 0.6) is 5.75 Å². The van der Waals surface area contributed by atoms with E-state index >= 15 is 0 Å². The average Bonchev–Trinajstić information content (AvgIpc) is 2.44. The summed E-state index contributed by atoms with van der Waals surface area (Å²) in [5, 5.41) is 13.9. The maximum absolute atomic E-state index is 11.9. The first-order valence-electron chi connectivity index (χ1n) is 6.90. The van der Waals surface area contributed by atoms with Crippen molar-refractivity contribution in [2.75, 3.05) is 13.2 Å². The second-order valence-corrected chi connectivity index (χ2v) is 4.94. The first kappa shape index (κ1) is 17.5. The van der Waals surface area contributed by atoms with Crippen LogP contribution in [0, 0.1) is 0 Å². The molecule has 0 aliphatic carbocycles. The minimum atomic E-state index is -1.09. The minimum Gasteiger partial charge on any atom is -0.482 e. The highest BCUT2D eigenvalue weighted by Crippen LogP contribution is 2.13. The van der Waals surface area contributed by atoms with E-state index in [2.05, 4.69) is 10.6 Å². The van der Waals surface area contributed by atoms with Gasteiger partial charge in [-0.1, -0.05) is 6.07 Å². The molecule has 120 valence electrons. The molecule has 0 aliphatic rings. The summed E-state index contributed by atoms with van der Waals surface area (Å²) in [7, 11) is 0. The third-order valence-corrected chi connectivity index (χ3v) is 2.55. The van der Waals surface area contributed by atoms with Crippen molar-refractivity contribution in [3.8, 4) is 5.75 Å². The van der Waals surface area contributed by atoms with Gasteiger partial charge in [-0.2, -0.15) is 0 Å². The molecule has 0 heterocycles. The van der Waals surface area contributed by atoms with Crippen LogP contribution in [0.25, 0.3) is 0 Å². The van der Waals surface area contributed by atoms with Gasteiger partial charge in [0.2, 0.25) is 5.91 Å². The lowest BCUT2D eigenvalue weighted by Gasteiger charge is -2.09. The summed E-state index contributed by atoms with van der Waals surface area (Å²) in [5.41, 5.74) is 0.340. The highest BCUT2D eigenvalue weighted by molar-refractivity contribution is 5.94. The van der Waals surface area contributed by atoms with Crippen molar-refractivity contribution in [3.63, 3.8) is 0 Å². The summed E-state index contributed by atoms with van der Waals surface area (Å²) in [6.45, 7) is 3.47. The van der Waals surface area contributed by atoms with Crippen molar-refractivity contribution in [1.82, 2.24) is 10.6 Å². The number of carboxylic acids is 1. The Morgan fingerprint density at radius 3 is 2.64 bits per heavy atom. The molecule has 7 nitrogen and oxygen atoms in total. The third kappa shape index (κ3) is 6.74. The van der Waals surface area contributed by atoms with Crippen LogP contribution in [0.3, 0.4) is 0 Å². The second kappa shape index (κ2) is 8.66. The fraction of sp³-hybridized carbons (Fsp3) is 0.400. The first-order valence-corrected chi connectivity index (χ1v) is 6.90. The maximum atomic E-state index is 11.9. The number of aliphatic carboxylic acids is 1. The lowest BCUT2D eigenvalue weighted by atomic mass is 10.2. The predicted octanol–water partition coefficient (Wildman–Crippen LogP) is 0.794. The standard InChI is InChI=1S/C15H20N2O5/c1-10(2)17-13(18)6-7-16-15(21)11-4-3-5-12(8-11)22-9-14(19)20/h3-5,8,10H,6-7,9H2,1-2H3,(H,16,21)(H,17,18)(H,19,20). The van der Waals surface area contributed by atoms with E-state index in [1.807, 2.05) is 13.8 Å². The van der Waals surface area contributed by atoms with Crippen LogP contribution in [0.2, 0.25) is 0 Å². The molecular formula is C15H20N2O5. The molecule has 3 N–H and O–H groups in total. The number of nitrogens with one attached hydrogen (secondary N) is 2. The molecule has 1 aromatic carbocycles. The lowest BCUT2D eigenvalue weighted by molar-refractivity contribution is -0.139. The number of rotatable bonds is 8. The van der Waals surface area contributed by atoms with Crippen molar-refractivity contribution in [2.45, 2.75) is 26.3 Å². The van der Waals surface area contributed by atoms with Gasteiger partial charge in [0.05, 0.1) is 0 Å². The van der Waals surface area contributed by atoms with Gasteiger partial charge >= 0.3 is 5.97 Å². The topological polar surface area (TPSA) is 105 Å². The number of carbonyl (C=O) groups is 3. The van der Waals surface area contributed by atoms with Gasteiger partial charge in [-0.3, -0.25) is 9.59 Å². The van der Waals surface area contributed by atoms with Crippen molar-refractivity contribution < 1.29 is 24.2 Å². The largest absolute Gasteiger partial charge is 0.482 e. The number of carboxylic acid groups (broad SMARTS) is 1. The fourth-order valence-corrected chi connectivity index (χ4v) is 1.66. The highest BCUT2D eigenvalue weighted by Gasteiger charge is 2.09. The van der Waals surface area contributed by atoms with E-state index < -0.39 is 12.6 Å². The summed E-state index contributed by atoms with van der Waals surface area (Å²) in [6.07, 6.45) is 0.194. The van der Waals surface area contributed by atoms with E-state index in [4.69, 9.17) is 9.84 Å². The fourth-order valence-electron chi connectivity index (χ4n) is 1.66. The Balaban J connectivity index is 2.46. The molecule has 0 spiro atoms. The van der Waals surface area contributed by atoms with Gasteiger partial charge in [0.25, 0.3) is 5.91 Å². The molecular weight excluding hydrogens is 288 g/mol. The normalized spacial score (nSPS) is 10.1. The van der Waals surface area contributed by atoms with Crippen molar-refractivity contribution in [3.05, 3.63) is 29.8 Å². The number of ether oxygens (including phenoxy) is 1. The molecule has 1 aromatic rings. The minimum absolute atomic E-state index is 0.0614. The van der Waals surface area contributed by atoms with Crippen LogP contribution in [-0.4, -0.2) is 42.1 Å². The van der Waals surface area contributed by atoms with Crippen LogP contribution < -0.4 is 15.4 Å². The van der Waals surface area contributed by atoms with E-state index in [1.165, 1.54) is 6.07 Å². The molecule has 7 heteroatoms. The Bertz CT molecular complexity index is 542. The molecule has 0 aromatic heterocycles. The van der Waals surface area contributed by atoms with Crippen LogP contribution >= 0.6 is 0 Å². The van der Waals surface area contributed by atoms with Crippen molar-refractivity contribution in [1.29, 1.82) is 0 Å². The number of hydrogen-bond donors (Lipinski definition) is 3. The molecule has 22 heavy (non-hydrogen) atoms. The van der Waals surface area contributed by atoms with E-state index in [-0.39, 0.29) is 30.8 Å². The molecule has 2 amide bonds. The summed E-state index contributed by atoms with van der Waals surface area (Å²) in [5.74, 6) is -1.27. The number of amides is 2. The Morgan fingerprint density at radius 1 is 1.27 bits per heavy atom.